The van der Waals surface area contributed by atoms with Crippen molar-refractivity contribution in [3.05, 3.63) is 34.9 Å². The number of halogens is 3. The Morgan fingerprint density at radius 2 is 1.89 bits per heavy atom. The SMILES string of the molecule is CC1OCC(C(C)C)c2ccc(C(F)(F)F)cc21. The van der Waals surface area contributed by atoms with Gasteiger partial charge in [-0.1, -0.05) is 19.9 Å². The molecule has 0 spiro atoms. The average molecular weight is 258 g/mol. The van der Waals surface area contributed by atoms with Gasteiger partial charge in [-0.2, -0.15) is 13.2 Å². The van der Waals surface area contributed by atoms with Crippen molar-refractivity contribution in [3.8, 4) is 0 Å². The molecule has 0 bridgehead atoms. The fraction of sp³-hybridized carbons (Fsp3) is 0.571. The van der Waals surface area contributed by atoms with Crippen LogP contribution in [0.2, 0.25) is 0 Å². The van der Waals surface area contributed by atoms with Crippen LogP contribution < -0.4 is 0 Å². The second-order valence-corrected chi connectivity index (χ2v) is 5.17. The van der Waals surface area contributed by atoms with Crippen LogP contribution in [0.3, 0.4) is 0 Å². The largest absolute Gasteiger partial charge is 0.416 e. The minimum absolute atomic E-state index is 0.179. The third kappa shape index (κ3) is 2.39. The van der Waals surface area contributed by atoms with Gasteiger partial charge in [-0.05, 0) is 36.1 Å². The maximum absolute atomic E-state index is 12.7. The molecular formula is C14H17F3O. The molecular weight excluding hydrogens is 241 g/mol. The quantitative estimate of drug-likeness (QED) is 0.718. The van der Waals surface area contributed by atoms with Crippen LogP contribution in [0, 0.1) is 5.92 Å². The van der Waals surface area contributed by atoms with E-state index < -0.39 is 11.7 Å². The van der Waals surface area contributed by atoms with Crippen molar-refractivity contribution in [2.75, 3.05) is 6.61 Å². The Bertz CT molecular complexity index is 437. The van der Waals surface area contributed by atoms with Crippen molar-refractivity contribution in [2.45, 2.75) is 39.0 Å². The molecule has 1 aromatic rings. The van der Waals surface area contributed by atoms with Gasteiger partial charge < -0.3 is 4.74 Å². The highest BCUT2D eigenvalue weighted by atomic mass is 19.4. The van der Waals surface area contributed by atoms with E-state index in [1.807, 2.05) is 0 Å². The van der Waals surface area contributed by atoms with Crippen molar-refractivity contribution in [1.82, 2.24) is 0 Å². The van der Waals surface area contributed by atoms with Crippen LogP contribution in [0.15, 0.2) is 18.2 Å². The zero-order chi connectivity index (χ0) is 13.5. The first-order chi connectivity index (χ1) is 8.30. The minimum Gasteiger partial charge on any atom is -0.373 e. The first kappa shape index (κ1) is 13.4. The molecule has 100 valence electrons. The molecule has 18 heavy (non-hydrogen) atoms. The average Bonchev–Trinajstić information content (AvgIpc) is 2.27. The van der Waals surface area contributed by atoms with Crippen molar-refractivity contribution in [3.63, 3.8) is 0 Å². The van der Waals surface area contributed by atoms with Crippen LogP contribution in [0.1, 0.15) is 49.5 Å². The molecule has 0 fully saturated rings. The van der Waals surface area contributed by atoms with E-state index in [9.17, 15) is 13.2 Å². The van der Waals surface area contributed by atoms with Crippen LogP contribution >= 0.6 is 0 Å². The Morgan fingerprint density at radius 1 is 1.22 bits per heavy atom. The Labute approximate surface area is 105 Å². The predicted octanol–water partition coefficient (Wildman–Crippen LogP) is 4.54. The van der Waals surface area contributed by atoms with Gasteiger partial charge in [-0.25, -0.2) is 0 Å². The van der Waals surface area contributed by atoms with Crippen LogP contribution in [0.4, 0.5) is 13.2 Å². The van der Waals surface area contributed by atoms with Crippen LogP contribution in [-0.4, -0.2) is 6.61 Å². The molecule has 0 saturated heterocycles. The van der Waals surface area contributed by atoms with Gasteiger partial charge in [0.15, 0.2) is 0 Å². The number of hydrogen-bond donors (Lipinski definition) is 0. The lowest BCUT2D eigenvalue weighted by Crippen LogP contribution is -2.24. The van der Waals surface area contributed by atoms with Gasteiger partial charge in [0.25, 0.3) is 0 Å². The first-order valence-corrected chi connectivity index (χ1v) is 6.13. The third-order valence-electron chi connectivity index (χ3n) is 3.58. The van der Waals surface area contributed by atoms with Crippen molar-refractivity contribution in [1.29, 1.82) is 0 Å². The first-order valence-electron chi connectivity index (χ1n) is 6.13. The highest BCUT2D eigenvalue weighted by Crippen LogP contribution is 2.40. The highest BCUT2D eigenvalue weighted by molar-refractivity contribution is 5.38. The summed E-state index contributed by atoms with van der Waals surface area (Å²) in [5.41, 5.74) is 1.08. The van der Waals surface area contributed by atoms with Gasteiger partial charge in [-0.15, -0.1) is 0 Å². The normalized spacial score (nSPS) is 24.2. The molecule has 0 aliphatic carbocycles. The number of alkyl halides is 3. The van der Waals surface area contributed by atoms with E-state index in [1.54, 1.807) is 13.0 Å². The number of fused-ring (bicyclic) bond motifs is 1. The Balaban J connectivity index is 2.47. The summed E-state index contributed by atoms with van der Waals surface area (Å²) in [6, 6.07) is 4.02. The lowest BCUT2D eigenvalue weighted by Gasteiger charge is -2.33. The summed E-state index contributed by atoms with van der Waals surface area (Å²) in [7, 11) is 0. The summed E-state index contributed by atoms with van der Waals surface area (Å²) in [4.78, 5) is 0. The lowest BCUT2D eigenvalue weighted by atomic mass is 9.82. The Kier molecular flexibility index (Phi) is 3.41. The summed E-state index contributed by atoms with van der Waals surface area (Å²) in [6.07, 6.45) is -4.56. The number of ether oxygens (including phenoxy) is 1. The molecule has 2 unspecified atom stereocenters. The third-order valence-corrected chi connectivity index (χ3v) is 3.58. The highest BCUT2D eigenvalue weighted by Gasteiger charge is 2.34. The molecule has 0 aromatic heterocycles. The van der Waals surface area contributed by atoms with E-state index in [1.165, 1.54) is 12.1 Å². The molecule has 4 heteroatoms. The maximum Gasteiger partial charge on any atom is 0.416 e. The number of hydrogen-bond acceptors (Lipinski definition) is 1. The van der Waals surface area contributed by atoms with E-state index in [-0.39, 0.29) is 12.0 Å². The van der Waals surface area contributed by atoms with Crippen molar-refractivity contribution in [2.24, 2.45) is 5.92 Å². The molecule has 0 saturated carbocycles. The minimum atomic E-state index is -4.29. The van der Waals surface area contributed by atoms with Crippen LogP contribution in [-0.2, 0) is 10.9 Å². The predicted molar refractivity (Wildman–Crippen MR) is 63.4 cm³/mol. The standard InChI is InChI=1S/C14H17F3O/c1-8(2)13-7-18-9(3)12-6-10(14(15,16)17)4-5-11(12)13/h4-6,8-9,13H,7H2,1-3H3. The summed E-state index contributed by atoms with van der Waals surface area (Å²) in [6.45, 7) is 6.50. The molecule has 0 amide bonds. The molecule has 1 heterocycles. The summed E-state index contributed by atoms with van der Waals surface area (Å²) >= 11 is 0. The van der Waals surface area contributed by atoms with E-state index >= 15 is 0 Å². The van der Waals surface area contributed by atoms with Gasteiger partial charge in [-0.3, -0.25) is 0 Å². The van der Waals surface area contributed by atoms with Gasteiger partial charge in [0.05, 0.1) is 18.3 Å². The summed E-state index contributed by atoms with van der Waals surface area (Å²) < 4.78 is 43.7. The molecule has 1 nitrogen and oxygen atoms in total. The molecule has 1 aliphatic heterocycles. The van der Waals surface area contributed by atoms with Gasteiger partial charge in [0, 0.05) is 5.92 Å². The molecule has 2 rings (SSSR count). The molecule has 1 aliphatic rings. The second-order valence-electron chi connectivity index (χ2n) is 5.17. The topological polar surface area (TPSA) is 9.23 Å². The van der Waals surface area contributed by atoms with Gasteiger partial charge in [0.2, 0.25) is 0 Å². The number of rotatable bonds is 1. The zero-order valence-electron chi connectivity index (χ0n) is 10.7. The molecule has 0 N–H and O–H groups in total. The fourth-order valence-electron chi connectivity index (χ4n) is 2.42. The monoisotopic (exact) mass is 258 g/mol. The van der Waals surface area contributed by atoms with Crippen molar-refractivity contribution < 1.29 is 17.9 Å². The van der Waals surface area contributed by atoms with E-state index in [4.69, 9.17) is 4.74 Å². The Hall–Kier alpha value is -1.03. The summed E-state index contributed by atoms with van der Waals surface area (Å²) in [5.74, 6) is 0.534. The smallest absolute Gasteiger partial charge is 0.373 e. The van der Waals surface area contributed by atoms with E-state index in [2.05, 4.69) is 13.8 Å². The van der Waals surface area contributed by atoms with Gasteiger partial charge in [0.1, 0.15) is 0 Å². The summed E-state index contributed by atoms with van der Waals surface area (Å²) in [5, 5.41) is 0. The number of benzene rings is 1. The van der Waals surface area contributed by atoms with Crippen LogP contribution in [0.25, 0.3) is 0 Å². The Morgan fingerprint density at radius 3 is 2.44 bits per heavy atom. The fourth-order valence-corrected chi connectivity index (χ4v) is 2.42. The molecule has 0 radical (unpaired) electrons. The second kappa shape index (κ2) is 4.57. The zero-order valence-corrected chi connectivity index (χ0v) is 10.7. The van der Waals surface area contributed by atoms with Gasteiger partial charge >= 0.3 is 6.18 Å². The molecule has 1 aromatic carbocycles. The molecule has 2 atom stereocenters. The van der Waals surface area contributed by atoms with E-state index in [0.717, 1.165) is 5.56 Å². The lowest BCUT2D eigenvalue weighted by molar-refractivity contribution is -0.137. The van der Waals surface area contributed by atoms with E-state index in [0.29, 0.717) is 18.1 Å². The van der Waals surface area contributed by atoms with Crippen LogP contribution in [0.5, 0.6) is 0 Å². The maximum atomic E-state index is 12.7. The van der Waals surface area contributed by atoms with Crippen molar-refractivity contribution >= 4 is 0 Å².